The molecule has 0 bridgehead atoms. The smallest absolute Gasteiger partial charge is 0.0719 e. The summed E-state index contributed by atoms with van der Waals surface area (Å²) < 4.78 is 0. The molecule has 57 heavy (non-hydrogen) atoms. The average Bonchev–Trinajstić information content (AvgIpc) is 3.57. The summed E-state index contributed by atoms with van der Waals surface area (Å²) in [7, 11) is 0. The summed E-state index contributed by atoms with van der Waals surface area (Å²) in [6, 6.07) is 78.6. The molecule has 0 heterocycles. The lowest BCUT2D eigenvalue weighted by atomic mass is 9.55. The van der Waals surface area contributed by atoms with Gasteiger partial charge in [-0.15, -0.1) is 0 Å². The third-order valence-electron chi connectivity index (χ3n) is 12.8. The molecule has 2 aliphatic carbocycles. The van der Waals surface area contributed by atoms with Crippen molar-refractivity contribution in [3.05, 3.63) is 246 Å². The van der Waals surface area contributed by atoms with Gasteiger partial charge in [-0.25, -0.2) is 0 Å². The van der Waals surface area contributed by atoms with Crippen molar-refractivity contribution in [2.24, 2.45) is 0 Å². The Hall–Kier alpha value is -6.96. The van der Waals surface area contributed by atoms with E-state index in [2.05, 4.69) is 231 Å². The van der Waals surface area contributed by atoms with Gasteiger partial charge in [0.2, 0.25) is 0 Å². The first-order chi connectivity index (χ1) is 28.0. The predicted octanol–water partition coefficient (Wildman–Crippen LogP) is 14.6. The van der Waals surface area contributed by atoms with E-state index < -0.39 is 5.41 Å². The van der Waals surface area contributed by atoms with Crippen molar-refractivity contribution in [1.29, 1.82) is 0 Å². The Balaban J connectivity index is 1.09. The van der Waals surface area contributed by atoms with E-state index in [0.717, 1.165) is 17.1 Å². The van der Waals surface area contributed by atoms with Crippen molar-refractivity contribution in [1.82, 2.24) is 0 Å². The topological polar surface area (TPSA) is 3.24 Å². The molecule has 1 nitrogen and oxygen atoms in total. The standard InChI is InChI=1S/C56H41N/c1-55(2)50-25-13-15-27-52(50)56(53-28-16-14-26-51(53)55)48-24-12-11-22-45(48)47-37-40(31-35-49(47)56)43-34-36-54(46-23-10-9-21-44(43)46)57(41-19-7-4-8-20-41)42-32-29-39(30-33-42)38-17-5-3-6-18-38/h3-37H,1-2H3. The van der Waals surface area contributed by atoms with E-state index in [1.807, 2.05) is 0 Å². The monoisotopic (exact) mass is 727 g/mol. The van der Waals surface area contributed by atoms with E-state index in [1.165, 1.54) is 77.5 Å². The molecule has 0 unspecified atom stereocenters. The number of hydrogen-bond acceptors (Lipinski definition) is 1. The zero-order valence-corrected chi connectivity index (χ0v) is 32.2. The molecule has 9 aromatic carbocycles. The maximum Gasteiger partial charge on any atom is 0.0719 e. The lowest BCUT2D eigenvalue weighted by Gasteiger charge is -2.46. The molecule has 9 aromatic rings. The number of anilines is 3. The summed E-state index contributed by atoms with van der Waals surface area (Å²) in [4.78, 5) is 2.39. The molecule has 0 amide bonds. The minimum Gasteiger partial charge on any atom is -0.310 e. The van der Waals surface area contributed by atoms with Gasteiger partial charge in [0.05, 0.1) is 11.1 Å². The van der Waals surface area contributed by atoms with Crippen molar-refractivity contribution in [3.63, 3.8) is 0 Å². The van der Waals surface area contributed by atoms with E-state index in [0.29, 0.717) is 0 Å². The fraction of sp³-hybridized carbons (Fsp3) is 0.0714. The number of rotatable bonds is 5. The number of nitrogens with zero attached hydrogens (tertiary/aromatic N) is 1. The summed E-state index contributed by atoms with van der Waals surface area (Å²) in [6.07, 6.45) is 0. The van der Waals surface area contributed by atoms with Gasteiger partial charge >= 0.3 is 0 Å². The Morgan fingerprint density at radius 2 is 0.807 bits per heavy atom. The fourth-order valence-electron chi connectivity index (χ4n) is 10.2. The van der Waals surface area contributed by atoms with E-state index in [1.54, 1.807) is 0 Å². The first-order valence-corrected chi connectivity index (χ1v) is 20.0. The van der Waals surface area contributed by atoms with Crippen molar-refractivity contribution < 1.29 is 0 Å². The highest BCUT2D eigenvalue weighted by atomic mass is 15.1. The molecule has 0 aliphatic heterocycles. The highest BCUT2D eigenvalue weighted by Crippen LogP contribution is 2.62. The van der Waals surface area contributed by atoms with Crippen LogP contribution in [0.15, 0.2) is 212 Å². The van der Waals surface area contributed by atoms with Gasteiger partial charge in [0.1, 0.15) is 0 Å². The molecule has 0 saturated heterocycles. The van der Waals surface area contributed by atoms with Crippen LogP contribution in [0.3, 0.4) is 0 Å². The van der Waals surface area contributed by atoms with Crippen LogP contribution in [0.2, 0.25) is 0 Å². The molecule has 0 saturated carbocycles. The first-order valence-electron chi connectivity index (χ1n) is 20.0. The Morgan fingerprint density at radius 1 is 0.316 bits per heavy atom. The fourth-order valence-corrected chi connectivity index (χ4v) is 10.2. The minimum atomic E-state index is -0.397. The second kappa shape index (κ2) is 12.8. The zero-order valence-electron chi connectivity index (χ0n) is 32.2. The van der Waals surface area contributed by atoms with Crippen LogP contribution in [0.1, 0.15) is 47.2 Å². The summed E-state index contributed by atoms with van der Waals surface area (Å²) in [6.45, 7) is 4.77. The van der Waals surface area contributed by atoms with Gasteiger partial charge in [0.15, 0.2) is 0 Å². The number of hydrogen-bond donors (Lipinski definition) is 0. The third kappa shape index (κ3) is 4.89. The number of fused-ring (bicyclic) bond motifs is 10. The summed E-state index contributed by atoms with van der Waals surface area (Å²) >= 11 is 0. The second-order valence-corrected chi connectivity index (χ2v) is 16.0. The SMILES string of the molecule is CC1(C)c2ccccc2C2(c3ccccc3-c3cc(-c4ccc(N(c5ccccc5)c5ccc(-c6ccccc6)cc5)c5ccccc45)ccc32)c2ccccc21. The molecule has 270 valence electrons. The summed E-state index contributed by atoms with van der Waals surface area (Å²) in [5.74, 6) is 0. The predicted molar refractivity (Wildman–Crippen MR) is 239 cm³/mol. The molecule has 1 spiro atoms. The molecule has 1 heteroatoms. The van der Waals surface area contributed by atoms with Crippen molar-refractivity contribution in [2.75, 3.05) is 4.90 Å². The molecule has 0 fully saturated rings. The number of para-hydroxylation sites is 1. The Bertz CT molecular complexity index is 2920. The van der Waals surface area contributed by atoms with Gasteiger partial charge in [-0.05, 0) is 109 Å². The Labute approximate surface area is 335 Å². The quantitative estimate of drug-likeness (QED) is 0.171. The number of benzene rings is 9. The van der Waals surface area contributed by atoms with Crippen LogP contribution in [0.25, 0.3) is 44.2 Å². The normalized spacial score (nSPS) is 14.1. The van der Waals surface area contributed by atoms with E-state index in [9.17, 15) is 0 Å². The second-order valence-electron chi connectivity index (χ2n) is 16.0. The molecule has 0 atom stereocenters. The van der Waals surface area contributed by atoms with Crippen LogP contribution in [0, 0.1) is 0 Å². The molecule has 0 radical (unpaired) electrons. The Morgan fingerprint density at radius 3 is 1.49 bits per heavy atom. The maximum atomic E-state index is 2.46. The van der Waals surface area contributed by atoms with Crippen LogP contribution >= 0.6 is 0 Å². The molecule has 0 aromatic heterocycles. The van der Waals surface area contributed by atoms with Crippen LogP contribution in [0.4, 0.5) is 17.1 Å². The van der Waals surface area contributed by atoms with Crippen LogP contribution in [-0.4, -0.2) is 0 Å². The van der Waals surface area contributed by atoms with Crippen LogP contribution in [0.5, 0.6) is 0 Å². The van der Waals surface area contributed by atoms with Crippen LogP contribution in [-0.2, 0) is 10.8 Å². The van der Waals surface area contributed by atoms with E-state index in [4.69, 9.17) is 0 Å². The highest BCUT2D eigenvalue weighted by molar-refractivity contribution is 6.07. The zero-order chi connectivity index (χ0) is 38.1. The van der Waals surface area contributed by atoms with E-state index in [-0.39, 0.29) is 5.41 Å². The summed E-state index contributed by atoms with van der Waals surface area (Å²) in [5.41, 5.74) is 18.7. The van der Waals surface area contributed by atoms with Crippen molar-refractivity contribution >= 4 is 27.8 Å². The lowest BCUT2D eigenvalue weighted by molar-refractivity contribution is 0.563. The molecule has 11 rings (SSSR count). The minimum absolute atomic E-state index is 0.117. The van der Waals surface area contributed by atoms with Crippen molar-refractivity contribution in [3.8, 4) is 33.4 Å². The van der Waals surface area contributed by atoms with Gasteiger partial charge in [-0.2, -0.15) is 0 Å². The molecule has 2 aliphatic rings. The van der Waals surface area contributed by atoms with Gasteiger partial charge in [-0.3, -0.25) is 0 Å². The largest absolute Gasteiger partial charge is 0.310 e. The first kappa shape index (κ1) is 33.4. The van der Waals surface area contributed by atoms with Gasteiger partial charge < -0.3 is 4.90 Å². The average molecular weight is 728 g/mol. The molecular weight excluding hydrogens is 687 g/mol. The lowest BCUT2D eigenvalue weighted by Crippen LogP contribution is -2.40. The molecule has 0 N–H and O–H groups in total. The highest BCUT2D eigenvalue weighted by Gasteiger charge is 2.53. The maximum absolute atomic E-state index is 2.46. The van der Waals surface area contributed by atoms with Gasteiger partial charge in [0.25, 0.3) is 0 Å². The van der Waals surface area contributed by atoms with Crippen molar-refractivity contribution in [2.45, 2.75) is 24.7 Å². The molecular formula is C56H41N. The van der Waals surface area contributed by atoms with E-state index >= 15 is 0 Å². The van der Waals surface area contributed by atoms with Gasteiger partial charge in [0, 0.05) is 22.2 Å². The Kier molecular flexibility index (Phi) is 7.50. The van der Waals surface area contributed by atoms with Gasteiger partial charge in [-0.1, -0.05) is 190 Å². The third-order valence-corrected chi connectivity index (χ3v) is 12.8. The van der Waals surface area contributed by atoms with Crippen LogP contribution < -0.4 is 4.90 Å². The summed E-state index contributed by atoms with van der Waals surface area (Å²) in [5, 5.41) is 2.44.